The molecule has 1 N–H and O–H groups in total. The van der Waals surface area contributed by atoms with Gasteiger partial charge in [-0.15, -0.1) is 6.42 Å². The van der Waals surface area contributed by atoms with E-state index in [0.29, 0.717) is 11.5 Å². The van der Waals surface area contributed by atoms with Crippen LogP contribution < -0.4 is 11.2 Å². The molecule has 0 unspecified atom stereocenters. The van der Waals surface area contributed by atoms with Crippen LogP contribution >= 0.6 is 0 Å². The van der Waals surface area contributed by atoms with Crippen LogP contribution in [-0.4, -0.2) is 19.1 Å². The normalized spacial score (nSPS) is 11.0. The van der Waals surface area contributed by atoms with Gasteiger partial charge in [0.25, 0.3) is 5.56 Å². The Morgan fingerprint density at radius 1 is 1.16 bits per heavy atom. The monoisotopic (exact) mass is 330 g/mol. The molecule has 0 saturated carbocycles. The van der Waals surface area contributed by atoms with Crippen LogP contribution in [0.1, 0.15) is 0 Å². The van der Waals surface area contributed by atoms with Gasteiger partial charge in [-0.2, -0.15) is 0 Å². The van der Waals surface area contributed by atoms with Crippen molar-refractivity contribution in [3.63, 3.8) is 0 Å². The summed E-state index contributed by atoms with van der Waals surface area (Å²) in [6.45, 7) is -0.0776. The van der Waals surface area contributed by atoms with E-state index in [0.717, 1.165) is 20.9 Å². The fraction of sp³-hybridized carbons (Fsp3) is 0.105. The van der Waals surface area contributed by atoms with Gasteiger partial charge in [-0.3, -0.25) is 9.36 Å². The first kappa shape index (κ1) is 15.0. The number of rotatable bonds is 2. The first-order valence-corrected chi connectivity index (χ1v) is 7.72. The van der Waals surface area contributed by atoms with Gasteiger partial charge in [-0.25, -0.2) is 14.3 Å². The molecule has 0 radical (unpaired) electrons. The molecule has 0 fully saturated rings. The Bertz CT molecular complexity index is 1280. The van der Waals surface area contributed by atoms with Gasteiger partial charge in [-0.1, -0.05) is 42.3 Å². The molecule has 6 nitrogen and oxygen atoms in total. The Balaban J connectivity index is 1.99. The standard InChI is InChI=1S/C19H14N4O2/c1-3-10-23-18(24)15-17(22(2)19(23)25)21-16(20-15)14-9-8-12-6-4-5-7-13(12)11-14/h1,4-9,11H,10H2,2H3,(H,20,21). The zero-order chi connectivity index (χ0) is 17.6. The van der Waals surface area contributed by atoms with Crippen molar-refractivity contribution in [2.24, 2.45) is 7.05 Å². The summed E-state index contributed by atoms with van der Waals surface area (Å²) in [5, 5.41) is 2.19. The highest BCUT2D eigenvalue weighted by atomic mass is 16.2. The molecular formula is C19H14N4O2. The second-order valence-corrected chi connectivity index (χ2v) is 5.78. The second kappa shape index (κ2) is 5.49. The van der Waals surface area contributed by atoms with E-state index in [2.05, 4.69) is 15.9 Å². The molecule has 6 heteroatoms. The Hall–Kier alpha value is -3.59. The summed E-state index contributed by atoms with van der Waals surface area (Å²) in [5.41, 5.74) is 0.472. The summed E-state index contributed by atoms with van der Waals surface area (Å²) in [6, 6.07) is 13.9. The Morgan fingerprint density at radius 3 is 2.68 bits per heavy atom. The van der Waals surface area contributed by atoms with E-state index in [-0.39, 0.29) is 12.1 Å². The molecule has 0 aliphatic carbocycles. The average Bonchev–Trinajstić information content (AvgIpc) is 3.09. The van der Waals surface area contributed by atoms with Gasteiger partial charge in [-0.05, 0) is 16.8 Å². The molecule has 0 amide bonds. The van der Waals surface area contributed by atoms with E-state index < -0.39 is 11.2 Å². The van der Waals surface area contributed by atoms with Crippen LogP contribution in [-0.2, 0) is 13.6 Å². The molecule has 0 spiro atoms. The molecule has 4 rings (SSSR count). The smallest absolute Gasteiger partial charge is 0.332 e. The van der Waals surface area contributed by atoms with Crippen LogP contribution in [0, 0.1) is 12.3 Å². The van der Waals surface area contributed by atoms with Gasteiger partial charge in [0.15, 0.2) is 5.65 Å². The summed E-state index contributed by atoms with van der Waals surface area (Å²) in [7, 11) is 1.57. The summed E-state index contributed by atoms with van der Waals surface area (Å²) in [4.78, 5) is 32.3. The predicted molar refractivity (Wildman–Crippen MR) is 97.4 cm³/mol. The predicted octanol–water partition coefficient (Wildman–Crippen LogP) is 1.88. The summed E-state index contributed by atoms with van der Waals surface area (Å²) < 4.78 is 2.35. The van der Waals surface area contributed by atoms with Crippen LogP contribution in [0.4, 0.5) is 0 Å². The number of hydrogen-bond acceptors (Lipinski definition) is 3. The lowest BCUT2D eigenvalue weighted by molar-refractivity contribution is 0.676. The Morgan fingerprint density at radius 2 is 1.92 bits per heavy atom. The van der Waals surface area contributed by atoms with E-state index in [1.165, 1.54) is 4.57 Å². The van der Waals surface area contributed by atoms with Gasteiger partial charge >= 0.3 is 5.69 Å². The minimum atomic E-state index is -0.480. The van der Waals surface area contributed by atoms with Gasteiger partial charge < -0.3 is 4.98 Å². The Kier molecular flexibility index (Phi) is 3.29. The van der Waals surface area contributed by atoms with Gasteiger partial charge in [0, 0.05) is 12.6 Å². The zero-order valence-corrected chi connectivity index (χ0v) is 13.5. The number of aromatic nitrogens is 4. The van der Waals surface area contributed by atoms with Crippen molar-refractivity contribution < 1.29 is 0 Å². The quantitative estimate of drug-likeness (QED) is 0.570. The van der Waals surface area contributed by atoms with Crippen LogP contribution in [0.25, 0.3) is 33.3 Å². The van der Waals surface area contributed by atoms with Gasteiger partial charge in [0.05, 0.1) is 6.54 Å². The number of H-pyrrole nitrogens is 1. The zero-order valence-electron chi connectivity index (χ0n) is 13.5. The van der Waals surface area contributed by atoms with Crippen molar-refractivity contribution in [3.05, 3.63) is 63.3 Å². The maximum absolute atomic E-state index is 12.5. The fourth-order valence-corrected chi connectivity index (χ4v) is 2.95. The van der Waals surface area contributed by atoms with Crippen molar-refractivity contribution in [3.8, 4) is 23.7 Å². The first-order chi connectivity index (χ1) is 12.1. The summed E-state index contributed by atoms with van der Waals surface area (Å²) in [6.07, 6.45) is 5.26. The van der Waals surface area contributed by atoms with E-state index in [1.54, 1.807) is 7.05 Å². The molecule has 2 heterocycles. The number of imidazole rings is 1. The maximum atomic E-state index is 12.5. The number of terminal acetylenes is 1. The largest absolute Gasteiger partial charge is 0.333 e. The molecule has 0 aliphatic heterocycles. The maximum Gasteiger partial charge on any atom is 0.333 e. The van der Waals surface area contributed by atoms with Gasteiger partial charge in [0.1, 0.15) is 11.3 Å². The lowest BCUT2D eigenvalue weighted by atomic mass is 10.1. The SMILES string of the molecule is C#CCn1c(=O)c2[nH]c(-c3ccc4ccccc4c3)nc2n(C)c1=O. The fourth-order valence-electron chi connectivity index (χ4n) is 2.95. The van der Waals surface area contributed by atoms with Crippen LogP contribution in [0.2, 0.25) is 0 Å². The number of aryl methyl sites for hydroxylation is 1. The number of hydrogen-bond donors (Lipinski definition) is 1. The van der Waals surface area contributed by atoms with E-state index in [1.807, 2.05) is 42.5 Å². The third-order valence-corrected chi connectivity index (χ3v) is 4.25. The van der Waals surface area contributed by atoms with E-state index in [9.17, 15) is 9.59 Å². The molecule has 2 aromatic heterocycles. The summed E-state index contributed by atoms with van der Waals surface area (Å²) in [5.74, 6) is 2.87. The topological polar surface area (TPSA) is 72.7 Å². The van der Waals surface area contributed by atoms with Gasteiger partial charge in [0.2, 0.25) is 0 Å². The van der Waals surface area contributed by atoms with E-state index in [4.69, 9.17) is 6.42 Å². The van der Waals surface area contributed by atoms with Crippen LogP contribution in [0.5, 0.6) is 0 Å². The number of aromatic amines is 1. The molecule has 25 heavy (non-hydrogen) atoms. The minimum absolute atomic E-state index is 0.0776. The highest BCUT2D eigenvalue weighted by molar-refractivity contribution is 5.87. The average molecular weight is 330 g/mol. The third-order valence-electron chi connectivity index (χ3n) is 4.25. The minimum Gasteiger partial charge on any atom is -0.332 e. The lowest BCUT2D eigenvalue weighted by Gasteiger charge is -2.03. The highest BCUT2D eigenvalue weighted by Crippen LogP contribution is 2.23. The molecular weight excluding hydrogens is 316 g/mol. The van der Waals surface area contributed by atoms with Crippen molar-refractivity contribution in [2.45, 2.75) is 6.54 Å². The molecule has 0 saturated heterocycles. The van der Waals surface area contributed by atoms with Crippen molar-refractivity contribution in [1.82, 2.24) is 19.1 Å². The van der Waals surface area contributed by atoms with Crippen molar-refractivity contribution in [2.75, 3.05) is 0 Å². The second-order valence-electron chi connectivity index (χ2n) is 5.78. The Labute approximate surface area is 142 Å². The number of benzene rings is 2. The van der Waals surface area contributed by atoms with Crippen LogP contribution in [0.15, 0.2) is 52.1 Å². The molecule has 4 aromatic rings. The van der Waals surface area contributed by atoms with Crippen molar-refractivity contribution in [1.29, 1.82) is 0 Å². The third kappa shape index (κ3) is 2.25. The molecule has 122 valence electrons. The number of nitrogens with zero attached hydrogens (tertiary/aromatic N) is 3. The molecule has 0 bridgehead atoms. The summed E-state index contributed by atoms with van der Waals surface area (Å²) >= 11 is 0. The van der Waals surface area contributed by atoms with Crippen LogP contribution in [0.3, 0.4) is 0 Å². The highest BCUT2D eigenvalue weighted by Gasteiger charge is 2.15. The van der Waals surface area contributed by atoms with E-state index >= 15 is 0 Å². The lowest BCUT2D eigenvalue weighted by Crippen LogP contribution is -2.38. The molecule has 0 atom stereocenters. The first-order valence-electron chi connectivity index (χ1n) is 7.72. The number of nitrogens with one attached hydrogen (secondary N) is 1. The number of fused-ring (bicyclic) bond motifs is 2. The molecule has 0 aliphatic rings. The molecule has 2 aromatic carbocycles. The van der Waals surface area contributed by atoms with Crippen molar-refractivity contribution >= 4 is 21.9 Å².